The van der Waals surface area contributed by atoms with Crippen LogP contribution in [0.1, 0.15) is 12.8 Å². The van der Waals surface area contributed by atoms with Gasteiger partial charge in [0.05, 0.1) is 0 Å². The molecule has 0 aliphatic heterocycles. The summed E-state index contributed by atoms with van der Waals surface area (Å²) >= 11 is 0. The van der Waals surface area contributed by atoms with Gasteiger partial charge in [-0.05, 0) is 12.8 Å². The number of aliphatic carboxylic acids is 4. The number of halogens is 2. The summed E-state index contributed by atoms with van der Waals surface area (Å²) in [5.74, 6) is -5.16. The Bertz CT molecular complexity index is 461. The zero-order valence-electron chi connectivity index (χ0n) is 11.0. The lowest BCUT2D eigenvalue weighted by Gasteiger charge is -2.25. The summed E-state index contributed by atoms with van der Waals surface area (Å²) in [7, 11) is 0. The van der Waals surface area contributed by atoms with Gasteiger partial charge in [0.2, 0.25) is 0 Å². The Labute approximate surface area is 136 Å². The first-order chi connectivity index (χ1) is 9.19. The Hall–Kier alpha value is -2.06. The molecule has 2 aliphatic carbocycles. The first-order valence-corrected chi connectivity index (χ1v) is 5.48. The molecule has 0 heterocycles. The van der Waals surface area contributed by atoms with Gasteiger partial charge in [0, 0.05) is 0 Å². The standard InChI is InChI=1S/2C6H6O4.2ClH/c2*7-4(8)6(5(9)10)2-1-3-6;;/h2*1-2H,3H2,(H,7,8)(H,9,10);2*1H. The van der Waals surface area contributed by atoms with E-state index in [9.17, 15) is 19.2 Å². The number of hydrogen-bond donors (Lipinski definition) is 4. The second-order valence-corrected chi connectivity index (χ2v) is 4.38. The van der Waals surface area contributed by atoms with Crippen molar-refractivity contribution in [2.45, 2.75) is 12.8 Å². The highest BCUT2D eigenvalue weighted by Crippen LogP contribution is 2.34. The highest BCUT2D eigenvalue weighted by molar-refractivity contribution is 6.02. The van der Waals surface area contributed by atoms with Gasteiger partial charge < -0.3 is 20.4 Å². The maximum atomic E-state index is 10.3. The SMILES string of the molecule is Cl.Cl.O=C(O)C1(C(=O)O)C=CC1.O=C(O)C1(C(=O)O)C=CC1. The fourth-order valence-electron chi connectivity index (χ4n) is 1.52. The molecule has 22 heavy (non-hydrogen) atoms. The molecule has 8 nitrogen and oxygen atoms in total. The second-order valence-electron chi connectivity index (χ2n) is 4.38. The van der Waals surface area contributed by atoms with E-state index in [1.165, 1.54) is 24.3 Å². The van der Waals surface area contributed by atoms with Crippen LogP contribution in [0.4, 0.5) is 0 Å². The number of rotatable bonds is 4. The fourth-order valence-corrected chi connectivity index (χ4v) is 1.52. The Morgan fingerprint density at radius 2 is 0.818 bits per heavy atom. The average Bonchev–Trinajstić information content (AvgIpc) is 2.10. The number of carboxylic acids is 4. The van der Waals surface area contributed by atoms with Gasteiger partial charge in [-0.1, -0.05) is 24.3 Å². The highest BCUT2D eigenvalue weighted by Gasteiger charge is 2.48. The minimum Gasteiger partial charge on any atom is -0.480 e. The van der Waals surface area contributed by atoms with Crippen LogP contribution in [0.2, 0.25) is 0 Å². The molecule has 0 radical (unpaired) electrons. The first-order valence-electron chi connectivity index (χ1n) is 5.48. The molecule has 0 aromatic heterocycles. The van der Waals surface area contributed by atoms with E-state index in [1.807, 2.05) is 0 Å². The van der Waals surface area contributed by atoms with Crippen molar-refractivity contribution < 1.29 is 39.6 Å². The maximum Gasteiger partial charge on any atom is 0.325 e. The molecule has 0 unspecified atom stereocenters. The van der Waals surface area contributed by atoms with E-state index < -0.39 is 34.7 Å². The van der Waals surface area contributed by atoms with Crippen molar-refractivity contribution in [3.63, 3.8) is 0 Å². The fraction of sp³-hybridized carbons (Fsp3) is 0.333. The molecular weight excluding hydrogens is 343 g/mol. The predicted molar refractivity (Wildman–Crippen MR) is 77.4 cm³/mol. The van der Waals surface area contributed by atoms with E-state index in [-0.39, 0.29) is 37.7 Å². The van der Waals surface area contributed by atoms with Crippen molar-refractivity contribution in [3.8, 4) is 0 Å². The summed E-state index contributed by atoms with van der Waals surface area (Å²) in [6, 6.07) is 0. The van der Waals surface area contributed by atoms with Gasteiger partial charge in [0.15, 0.2) is 10.8 Å². The van der Waals surface area contributed by atoms with Crippen LogP contribution in [-0.4, -0.2) is 44.3 Å². The van der Waals surface area contributed by atoms with Crippen molar-refractivity contribution in [1.82, 2.24) is 0 Å². The molecule has 2 aliphatic rings. The summed E-state index contributed by atoms with van der Waals surface area (Å²) in [5.41, 5.74) is -3.25. The van der Waals surface area contributed by atoms with Crippen molar-refractivity contribution in [3.05, 3.63) is 24.3 Å². The van der Waals surface area contributed by atoms with Crippen LogP contribution in [0.15, 0.2) is 24.3 Å². The van der Waals surface area contributed by atoms with E-state index in [4.69, 9.17) is 20.4 Å². The van der Waals surface area contributed by atoms with Crippen LogP contribution >= 0.6 is 24.8 Å². The van der Waals surface area contributed by atoms with Crippen molar-refractivity contribution in [2.75, 3.05) is 0 Å². The summed E-state index contributed by atoms with van der Waals surface area (Å²) in [6.07, 6.45) is 5.63. The molecular formula is C12H14Cl2O8. The van der Waals surface area contributed by atoms with E-state index in [0.29, 0.717) is 0 Å². The number of hydrogen-bond acceptors (Lipinski definition) is 4. The van der Waals surface area contributed by atoms with Gasteiger partial charge in [-0.15, -0.1) is 24.8 Å². The third kappa shape index (κ3) is 3.58. The van der Waals surface area contributed by atoms with Crippen LogP contribution in [-0.2, 0) is 19.2 Å². The normalized spacial score (nSPS) is 17.8. The second kappa shape index (κ2) is 7.81. The minimum atomic E-state index is -1.63. The lowest BCUT2D eigenvalue weighted by Crippen LogP contribution is -2.40. The van der Waals surface area contributed by atoms with Crippen molar-refractivity contribution >= 4 is 48.7 Å². The van der Waals surface area contributed by atoms with Crippen LogP contribution in [0.25, 0.3) is 0 Å². The van der Waals surface area contributed by atoms with E-state index in [1.54, 1.807) is 0 Å². The quantitative estimate of drug-likeness (QED) is 0.431. The Kier molecular flexibility index (Phi) is 7.89. The third-order valence-corrected chi connectivity index (χ3v) is 3.21. The van der Waals surface area contributed by atoms with Crippen LogP contribution in [0, 0.1) is 10.8 Å². The summed E-state index contributed by atoms with van der Waals surface area (Å²) < 4.78 is 0. The smallest absolute Gasteiger partial charge is 0.325 e. The molecule has 0 bridgehead atoms. The number of carboxylic acid groups (broad SMARTS) is 4. The van der Waals surface area contributed by atoms with Crippen LogP contribution in [0.5, 0.6) is 0 Å². The largest absolute Gasteiger partial charge is 0.480 e. The molecule has 0 spiro atoms. The van der Waals surface area contributed by atoms with E-state index in [2.05, 4.69) is 0 Å². The Morgan fingerprint density at radius 1 is 0.636 bits per heavy atom. The topological polar surface area (TPSA) is 149 Å². The lowest BCUT2D eigenvalue weighted by atomic mass is 9.76. The van der Waals surface area contributed by atoms with E-state index in [0.717, 1.165) is 0 Å². The monoisotopic (exact) mass is 356 g/mol. The zero-order chi connectivity index (χ0) is 15.6. The van der Waals surface area contributed by atoms with Gasteiger partial charge in [-0.25, -0.2) is 0 Å². The van der Waals surface area contributed by atoms with Crippen LogP contribution < -0.4 is 0 Å². The van der Waals surface area contributed by atoms with E-state index >= 15 is 0 Å². The summed E-state index contributed by atoms with van der Waals surface area (Å²) in [5, 5.41) is 33.7. The van der Waals surface area contributed by atoms with Gasteiger partial charge in [-0.2, -0.15) is 0 Å². The molecule has 0 aromatic rings. The number of allylic oxidation sites excluding steroid dienone is 2. The highest BCUT2D eigenvalue weighted by atomic mass is 35.5. The molecule has 0 atom stereocenters. The van der Waals surface area contributed by atoms with Crippen LogP contribution in [0.3, 0.4) is 0 Å². The minimum absolute atomic E-state index is 0. The molecule has 0 saturated carbocycles. The summed E-state index contributed by atoms with van der Waals surface area (Å²) in [6.45, 7) is 0. The molecule has 124 valence electrons. The first kappa shape index (κ1) is 22.2. The molecule has 0 amide bonds. The Morgan fingerprint density at radius 3 is 0.818 bits per heavy atom. The molecule has 0 saturated heterocycles. The van der Waals surface area contributed by atoms with Gasteiger partial charge in [0.25, 0.3) is 0 Å². The predicted octanol–water partition coefficient (Wildman–Crippen LogP) is 1.05. The summed E-state index contributed by atoms with van der Waals surface area (Å²) in [4.78, 5) is 41.3. The molecule has 4 N–H and O–H groups in total. The average molecular weight is 357 g/mol. The van der Waals surface area contributed by atoms with Crippen molar-refractivity contribution in [1.29, 1.82) is 0 Å². The van der Waals surface area contributed by atoms with Gasteiger partial charge in [-0.3, -0.25) is 19.2 Å². The lowest BCUT2D eigenvalue weighted by molar-refractivity contribution is -0.163. The van der Waals surface area contributed by atoms with Gasteiger partial charge >= 0.3 is 23.9 Å². The maximum absolute atomic E-state index is 10.3. The Balaban J connectivity index is 0. The van der Waals surface area contributed by atoms with Crippen molar-refractivity contribution in [2.24, 2.45) is 10.8 Å². The number of carbonyl (C=O) groups is 4. The van der Waals surface area contributed by atoms with Gasteiger partial charge in [0.1, 0.15) is 0 Å². The molecule has 10 heteroatoms. The third-order valence-electron chi connectivity index (χ3n) is 3.21. The molecule has 2 rings (SSSR count). The zero-order valence-corrected chi connectivity index (χ0v) is 12.6. The molecule has 0 fully saturated rings. The molecule has 0 aromatic carbocycles.